The second-order valence-corrected chi connectivity index (χ2v) is 7.62. The van der Waals surface area contributed by atoms with E-state index in [4.69, 9.17) is 4.74 Å². The molecule has 1 N–H and O–H groups in total. The highest BCUT2D eigenvalue weighted by Crippen LogP contribution is 2.27. The Morgan fingerprint density at radius 1 is 1.00 bits per heavy atom. The first-order valence-electron chi connectivity index (χ1n) is 7.78. The SMILES string of the molecule is COc1ccc(S(=O)(=O)Nc2cc(C)cc(-c3ccn(C)c3)c2)cc1. The topological polar surface area (TPSA) is 60.3 Å². The zero-order valence-corrected chi connectivity index (χ0v) is 15.2. The Bertz CT molecular complexity index is 990. The molecule has 0 radical (unpaired) electrons. The van der Waals surface area contributed by atoms with Crippen molar-refractivity contribution in [3.8, 4) is 16.9 Å². The molecule has 2 aromatic carbocycles. The number of hydrogen-bond acceptors (Lipinski definition) is 3. The first kappa shape index (κ1) is 17.1. The number of aromatic nitrogens is 1. The maximum Gasteiger partial charge on any atom is 0.261 e. The van der Waals surface area contributed by atoms with E-state index in [-0.39, 0.29) is 4.90 Å². The number of hydrogen-bond donors (Lipinski definition) is 1. The Morgan fingerprint density at radius 2 is 1.72 bits per heavy atom. The summed E-state index contributed by atoms with van der Waals surface area (Å²) in [5, 5.41) is 0. The first-order valence-corrected chi connectivity index (χ1v) is 9.26. The number of nitrogens with zero attached hydrogens (tertiary/aromatic N) is 1. The van der Waals surface area contributed by atoms with Crippen molar-refractivity contribution in [3.05, 3.63) is 66.5 Å². The van der Waals surface area contributed by atoms with Gasteiger partial charge in [0.2, 0.25) is 0 Å². The molecule has 3 aromatic rings. The second kappa shape index (κ2) is 6.64. The summed E-state index contributed by atoms with van der Waals surface area (Å²) >= 11 is 0. The van der Waals surface area contributed by atoms with E-state index in [2.05, 4.69) is 4.72 Å². The molecule has 0 aliphatic carbocycles. The van der Waals surface area contributed by atoms with Crippen LogP contribution >= 0.6 is 0 Å². The van der Waals surface area contributed by atoms with Crippen LogP contribution < -0.4 is 9.46 Å². The van der Waals surface area contributed by atoms with E-state index in [0.29, 0.717) is 11.4 Å². The highest BCUT2D eigenvalue weighted by atomic mass is 32.2. The maximum atomic E-state index is 12.6. The molecule has 0 bridgehead atoms. The number of anilines is 1. The average Bonchev–Trinajstić information content (AvgIpc) is 3.00. The molecule has 1 heterocycles. The van der Waals surface area contributed by atoms with Crippen LogP contribution in [0, 0.1) is 6.92 Å². The van der Waals surface area contributed by atoms with Crippen molar-refractivity contribution in [2.75, 3.05) is 11.8 Å². The van der Waals surface area contributed by atoms with E-state index in [1.807, 2.05) is 55.2 Å². The molecule has 0 amide bonds. The highest BCUT2D eigenvalue weighted by molar-refractivity contribution is 7.92. The van der Waals surface area contributed by atoms with Crippen molar-refractivity contribution >= 4 is 15.7 Å². The number of benzene rings is 2. The summed E-state index contributed by atoms with van der Waals surface area (Å²) in [5.41, 5.74) is 3.52. The lowest BCUT2D eigenvalue weighted by Crippen LogP contribution is -2.13. The molecule has 1 aromatic heterocycles. The number of sulfonamides is 1. The van der Waals surface area contributed by atoms with Crippen molar-refractivity contribution < 1.29 is 13.2 Å². The van der Waals surface area contributed by atoms with Crippen LogP contribution in [-0.4, -0.2) is 20.1 Å². The summed E-state index contributed by atoms with van der Waals surface area (Å²) < 4.78 is 34.9. The van der Waals surface area contributed by atoms with Crippen LogP contribution in [-0.2, 0) is 17.1 Å². The van der Waals surface area contributed by atoms with E-state index in [1.165, 1.54) is 12.1 Å². The van der Waals surface area contributed by atoms with Gasteiger partial charge in [-0.05, 0) is 66.1 Å². The zero-order valence-electron chi connectivity index (χ0n) is 14.4. The molecule has 0 unspecified atom stereocenters. The van der Waals surface area contributed by atoms with Gasteiger partial charge in [0.05, 0.1) is 12.0 Å². The molecule has 5 nitrogen and oxygen atoms in total. The molecule has 0 spiro atoms. The molecule has 0 fully saturated rings. The van der Waals surface area contributed by atoms with Gasteiger partial charge in [0.25, 0.3) is 10.0 Å². The van der Waals surface area contributed by atoms with E-state index in [9.17, 15) is 8.42 Å². The number of ether oxygens (including phenoxy) is 1. The summed E-state index contributed by atoms with van der Waals surface area (Å²) in [6.07, 6.45) is 3.95. The van der Waals surface area contributed by atoms with Gasteiger partial charge in [0, 0.05) is 25.1 Å². The molecule has 0 atom stereocenters. The number of nitrogens with one attached hydrogen (secondary N) is 1. The molecule has 25 heavy (non-hydrogen) atoms. The van der Waals surface area contributed by atoms with Gasteiger partial charge in [0.15, 0.2) is 0 Å². The van der Waals surface area contributed by atoms with Crippen LogP contribution in [0.5, 0.6) is 5.75 Å². The molecule has 130 valence electrons. The Kier molecular flexibility index (Phi) is 4.55. The second-order valence-electron chi connectivity index (χ2n) is 5.93. The lowest BCUT2D eigenvalue weighted by molar-refractivity contribution is 0.414. The number of rotatable bonds is 5. The minimum Gasteiger partial charge on any atom is -0.497 e. The smallest absolute Gasteiger partial charge is 0.261 e. The van der Waals surface area contributed by atoms with Gasteiger partial charge in [-0.2, -0.15) is 0 Å². The fourth-order valence-corrected chi connectivity index (χ4v) is 3.69. The van der Waals surface area contributed by atoms with Gasteiger partial charge in [-0.25, -0.2) is 8.42 Å². The van der Waals surface area contributed by atoms with E-state index in [1.54, 1.807) is 19.2 Å². The Balaban J connectivity index is 1.92. The monoisotopic (exact) mass is 356 g/mol. The summed E-state index contributed by atoms with van der Waals surface area (Å²) in [7, 11) is -0.167. The van der Waals surface area contributed by atoms with E-state index >= 15 is 0 Å². The Hall–Kier alpha value is -2.73. The van der Waals surface area contributed by atoms with Crippen molar-refractivity contribution in [1.29, 1.82) is 0 Å². The predicted octanol–water partition coefficient (Wildman–Crippen LogP) is 3.81. The summed E-state index contributed by atoms with van der Waals surface area (Å²) in [4.78, 5) is 0.191. The normalized spacial score (nSPS) is 11.3. The van der Waals surface area contributed by atoms with Crippen LogP contribution in [0.25, 0.3) is 11.1 Å². The summed E-state index contributed by atoms with van der Waals surface area (Å²) in [6.45, 7) is 1.94. The molecular formula is C19H20N2O3S. The summed E-state index contributed by atoms with van der Waals surface area (Å²) in [5.74, 6) is 0.612. The van der Waals surface area contributed by atoms with E-state index in [0.717, 1.165) is 16.7 Å². The molecule has 6 heteroatoms. The first-order chi connectivity index (χ1) is 11.9. The molecule has 3 rings (SSSR count). The van der Waals surface area contributed by atoms with Crippen LogP contribution in [0.4, 0.5) is 5.69 Å². The van der Waals surface area contributed by atoms with Crippen LogP contribution in [0.1, 0.15) is 5.56 Å². The third kappa shape index (κ3) is 3.85. The Morgan fingerprint density at radius 3 is 2.32 bits per heavy atom. The van der Waals surface area contributed by atoms with Gasteiger partial charge in [-0.15, -0.1) is 0 Å². The van der Waals surface area contributed by atoms with Gasteiger partial charge < -0.3 is 9.30 Å². The minimum absolute atomic E-state index is 0.191. The van der Waals surface area contributed by atoms with Gasteiger partial charge in [0.1, 0.15) is 5.75 Å². The third-order valence-electron chi connectivity index (χ3n) is 3.86. The van der Waals surface area contributed by atoms with Crippen LogP contribution in [0.2, 0.25) is 0 Å². The zero-order chi connectivity index (χ0) is 18.0. The molecule has 0 aliphatic heterocycles. The Labute approximate surface area is 147 Å². The fourth-order valence-electron chi connectivity index (χ4n) is 2.65. The van der Waals surface area contributed by atoms with Crippen molar-refractivity contribution in [3.63, 3.8) is 0 Å². The van der Waals surface area contributed by atoms with Gasteiger partial charge in [-0.1, -0.05) is 6.07 Å². The largest absolute Gasteiger partial charge is 0.497 e. The number of methoxy groups -OCH3 is 1. The molecule has 0 saturated carbocycles. The van der Waals surface area contributed by atoms with Crippen molar-refractivity contribution in [1.82, 2.24) is 4.57 Å². The predicted molar refractivity (Wildman–Crippen MR) is 99.4 cm³/mol. The summed E-state index contributed by atoms with van der Waals surface area (Å²) in [6, 6.07) is 14.0. The molecular weight excluding hydrogens is 336 g/mol. The standard InChI is InChI=1S/C19H20N2O3S/c1-14-10-16(15-8-9-21(2)13-15)12-17(11-14)20-25(22,23)19-6-4-18(24-3)5-7-19/h4-13,20H,1-3H3. The van der Waals surface area contributed by atoms with E-state index < -0.39 is 10.0 Å². The molecule has 0 saturated heterocycles. The van der Waals surface area contributed by atoms with Crippen LogP contribution in [0.3, 0.4) is 0 Å². The highest BCUT2D eigenvalue weighted by Gasteiger charge is 2.15. The number of aryl methyl sites for hydroxylation is 2. The lowest BCUT2D eigenvalue weighted by atomic mass is 10.1. The average molecular weight is 356 g/mol. The lowest BCUT2D eigenvalue weighted by Gasteiger charge is -2.11. The van der Waals surface area contributed by atoms with Crippen molar-refractivity contribution in [2.24, 2.45) is 7.05 Å². The quantitative estimate of drug-likeness (QED) is 0.756. The maximum absolute atomic E-state index is 12.6. The van der Waals surface area contributed by atoms with Gasteiger partial charge >= 0.3 is 0 Å². The van der Waals surface area contributed by atoms with Crippen molar-refractivity contribution in [2.45, 2.75) is 11.8 Å². The third-order valence-corrected chi connectivity index (χ3v) is 5.26. The minimum atomic E-state index is -3.66. The van der Waals surface area contributed by atoms with Gasteiger partial charge in [-0.3, -0.25) is 4.72 Å². The molecule has 0 aliphatic rings. The van der Waals surface area contributed by atoms with Crippen LogP contribution in [0.15, 0.2) is 65.8 Å². The fraction of sp³-hybridized carbons (Fsp3) is 0.158.